The molecular formula is C11H11N3O4S. The number of nitrogens with zero attached hydrogens (tertiary/aromatic N) is 2. The summed E-state index contributed by atoms with van der Waals surface area (Å²) in [6.07, 6.45) is 1.53. The lowest BCUT2D eigenvalue weighted by molar-refractivity contribution is 0.0591. The molecule has 0 bridgehead atoms. The lowest BCUT2D eigenvalue weighted by Crippen LogP contribution is -2.07. The van der Waals surface area contributed by atoms with Crippen LogP contribution in [0.3, 0.4) is 0 Å². The third-order valence-electron chi connectivity index (χ3n) is 2.23. The highest BCUT2D eigenvalue weighted by Crippen LogP contribution is 2.24. The number of ether oxygens (including phenoxy) is 1. The van der Waals surface area contributed by atoms with Crippen LogP contribution in [0.1, 0.15) is 32.8 Å². The van der Waals surface area contributed by atoms with Crippen LogP contribution in [-0.2, 0) is 11.3 Å². The number of esters is 1. The Balaban J connectivity index is 2.17. The SMILES string of the molecule is COC(=O)c1nc(NCc2ccno2)sc1C(C)=O. The largest absolute Gasteiger partial charge is 0.464 e. The third-order valence-corrected chi connectivity index (χ3v) is 3.34. The highest BCUT2D eigenvalue weighted by molar-refractivity contribution is 7.17. The van der Waals surface area contributed by atoms with Gasteiger partial charge in [0.1, 0.15) is 4.88 Å². The van der Waals surface area contributed by atoms with Gasteiger partial charge < -0.3 is 14.6 Å². The molecule has 0 saturated carbocycles. The lowest BCUT2D eigenvalue weighted by Gasteiger charge is -1.97. The van der Waals surface area contributed by atoms with Crippen LogP contribution in [0, 0.1) is 0 Å². The van der Waals surface area contributed by atoms with Crippen LogP contribution >= 0.6 is 11.3 Å². The molecule has 0 unspecified atom stereocenters. The number of thiazole rings is 1. The van der Waals surface area contributed by atoms with E-state index in [9.17, 15) is 9.59 Å². The summed E-state index contributed by atoms with van der Waals surface area (Å²) in [5.74, 6) is -0.237. The van der Waals surface area contributed by atoms with Crippen LogP contribution in [0.4, 0.5) is 5.13 Å². The van der Waals surface area contributed by atoms with Gasteiger partial charge in [-0.05, 0) is 0 Å². The summed E-state index contributed by atoms with van der Waals surface area (Å²) in [4.78, 5) is 27.3. The van der Waals surface area contributed by atoms with Gasteiger partial charge in [-0.2, -0.15) is 0 Å². The van der Waals surface area contributed by atoms with Crippen LogP contribution in [0.5, 0.6) is 0 Å². The predicted molar refractivity (Wildman–Crippen MR) is 67.3 cm³/mol. The fourth-order valence-corrected chi connectivity index (χ4v) is 2.21. The Bertz CT molecular complexity index is 591. The lowest BCUT2D eigenvalue weighted by atomic mass is 10.3. The Hall–Kier alpha value is -2.22. The quantitative estimate of drug-likeness (QED) is 0.658. The van der Waals surface area contributed by atoms with Crippen molar-refractivity contribution in [3.63, 3.8) is 0 Å². The molecule has 2 rings (SSSR count). The molecule has 0 aliphatic rings. The molecule has 0 fully saturated rings. The Morgan fingerprint density at radius 3 is 2.89 bits per heavy atom. The summed E-state index contributed by atoms with van der Waals surface area (Å²) in [6, 6.07) is 1.70. The molecule has 0 spiro atoms. The van der Waals surface area contributed by atoms with E-state index in [1.807, 2.05) is 0 Å². The van der Waals surface area contributed by atoms with Crippen molar-refractivity contribution in [2.45, 2.75) is 13.5 Å². The maximum absolute atomic E-state index is 11.5. The minimum Gasteiger partial charge on any atom is -0.464 e. The highest BCUT2D eigenvalue weighted by Gasteiger charge is 2.21. The topological polar surface area (TPSA) is 94.3 Å². The van der Waals surface area contributed by atoms with Crippen LogP contribution in [-0.4, -0.2) is 29.0 Å². The number of nitrogens with one attached hydrogen (secondary N) is 1. The van der Waals surface area contributed by atoms with Gasteiger partial charge in [-0.25, -0.2) is 9.78 Å². The average Bonchev–Trinajstić information content (AvgIpc) is 3.04. The van der Waals surface area contributed by atoms with Crippen LogP contribution in [0.15, 0.2) is 16.8 Å². The van der Waals surface area contributed by atoms with Crippen molar-refractivity contribution >= 4 is 28.2 Å². The van der Waals surface area contributed by atoms with Gasteiger partial charge in [0, 0.05) is 13.0 Å². The van der Waals surface area contributed by atoms with Gasteiger partial charge in [0.2, 0.25) is 0 Å². The maximum Gasteiger partial charge on any atom is 0.358 e. The number of hydrogen-bond acceptors (Lipinski definition) is 8. The van der Waals surface area contributed by atoms with E-state index in [0.29, 0.717) is 17.4 Å². The normalized spacial score (nSPS) is 10.2. The van der Waals surface area contributed by atoms with E-state index in [4.69, 9.17) is 4.52 Å². The first-order chi connectivity index (χ1) is 9.11. The number of Topliss-reactive ketones (excluding diaryl/α,β-unsaturated/α-hetero) is 1. The average molecular weight is 281 g/mol. The van der Waals surface area contributed by atoms with Crippen molar-refractivity contribution in [3.8, 4) is 0 Å². The van der Waals surface area contributed by atoms with E-state index in [1.54, 1.807) is 6.07 Å². The molecule has 2 aromatic rings. The fraction of sp³-hybridized carbons (Fsp3) is 0.273. The molecule has 0 aromatic carbocycles. The molecule has 0 aliphatic heterocycles. The summed E-state index contributed by atoms with van der Waals surface area (Å²) in [6.45, 7) is 1.74. The third kappa shape index (κ3) is 2.97. The number of ketones is 1. The maximum atomic E-state index is 11.5. The van der Waals surface area contributed by atoms with Crippen molar-refractivity contribution in [1.29, 1.82) is 0 Å². The molecule has 0 amide bonds. The number of aromatic nitrogens is 2. The molecule has 7 nitrogen and oxygen atoms in total. The summed E-state index contributed by atoms with van der Waals surface area (Å²) in [7, 11) is 1.24. The second kappa shape index (κ2) is 5.61. The first-order valence-corrected chi connectivity index (χ1v) is 6.17. The van der Waals surface area contributed by atoms with Crippen molar-refractivity contribution in [3.05, 3.63) is 28.6 Å². The standard InChI is InChI=1S/C11H11N3O4S/c1-6(15)9-8(10(16)17-2)14-11(19-9)12-5-7-3-4-13-18-7/h3-4H,5H2,1-2H3,(H,12,14). The van der Waals surface area contributed by atoms with Gasteiger partial charge in [-0.1, -0.05) is 16.5 Å². The molecule has 0 aliphatic carbocycles. The van der Waals surface area contributed by atoms with Gasteiger partial charge in [0.25, 0.3) is 0 Å². The summed E-state index contributed by atoms with van der Waals surface area (Å²) in [5.41, 5.74) is 0.0278. The van der Waals surface area contributed by atoms with Gasteiger partial charge in [-0.15, -0.1) is 0 Å². The van der Waals surface area contributed by atoms with Gasteiger partial charge in [0.05, 0.1) is 19.9 Å². The molecule has 19 heavy (non-hydrogen) atoms. The smallest absolute Gasteiger partial charge is 0.358 e. The molecule has 0 saturated heterocycles. The zero-order chi connectivity index (χ0) is 13.8. The van der Waals surface area contributed by atoms with E-state index in [-0.39, 0.29) is 16.4 Å². The summed E-state index contributed by atoms with van der Waals surface area (Å²) < 4.78 is 9.50. The number of methoxy groups -OCH3 is 1. The van der Waals surface area contributed by atoms with Crippen molar-refractivity contribution < 1.29 is 18.8 Å². The summed E-state index contributed by atoms with van der Waals surface area (Å²) >= 11 is 1.10. The monoisotopic (exact) mass is 281 g/mol. The molecule has 100 valence electrons. The van der Waals surface area contributed by atoms with Crippen LogP contribution in [0.2, 0.25) is 0 Å². The summed E-state index contributed by atoms with van der Waals surface area (Å²) in [5, 5.41) is 6.97. The minimum atomic E-state index is -0.630. The fourth-order valence-electron chi connectivity index (χ4n) is 1.37. The van der Waals surface area contributed by atoms with E-state index < -0.39 is 5.97 Å². The van der Waals surface area contributed by atoms with Gasteiger partial charge >= 0.3 is 5.97 Å². The second-order valence-electron chi connectivity index (χ2n) is 3.58. The molecule has 0 radical (unpaired) electrons. The number of anilines is 1. The predicted octanol–water partition coefficient (Wildman–Crippen LogP) is 1.73. The molecule has 8 heteroatoms. The Morgan fingerprint density at radius 2 is 2.32 bits per heavy atom. The molecule has 0 atom stereocenters. The first-order valence-electron chi connectivity index (χ1n) is 5.35. The second-order valence-corrected chi connectivity index (χ2v) is 4.58. The van der Waals surface area contributed by atoms with Crippen LogP contribution in [0.25, 0.3) is 0 Å². The van der Waals surface area contributed by atoms with E-state index in [2.05, 4.69) is 20.2 Å². The van der Waals surface area contributed by atoms with E-state index in [0.717, 1.165) is 11.3 Å². The Labute approximate surface area is 112 Å². The van der Waals surface area contributed by atoms with Gasteiger partial charge in [0.15, 0.2) is 22.4 Å². The molecular weight excluding hydrogens is 270 g/mol. The molecule has 2 aromatic heterocycles. The Morgan fingerprint density at radius 1 is 1.53 bits per heavy atom. The van der Waals surface area contributed by atoms with Crippen LogP contribution < -0.4 is 5.32 Å². The van der Waals surface area contributed by atoms with Crippen molar-refractivity contribution in [2.24, 2.45) is 0 Å². The number of carbonyl (C=O) groups excluding carboxylic acids is 2. The highest BCUT2D eigenvalue weighted by atomic mass is 32.1. The zero-order valence-electron chi connectivity index (χ0n) is 10.3. The van der Waals surface area contributed by atoms with Crippen molar-refractivity contribution in [2.75, 3.05) is 12.4 Å². The number of carbonyl (C=O) groups is 2. The number of rotatable bonds is 5. The molecule has 2 heterocycles. The van der Waals surface area contributed by atoms with Gasteiger partial charge in [-0.3, -0.25) is 4.79 Å². The zero-order valence-corrected chi connectivity index (χ0v) is 11.1. The van der Waals surface area contributed by atoms with E-state index in [1.165, 1.54) is 20.2 Å². The van der Waals surface area contributed by atoms with Crippen molar-refractivity contribution in [1.82, 2.24) is 10.1 Å². The van der Waals surface area contributed by atoms with E-state index >= 15 is 0 Å². The molecule has 1 N–H and O–H groups in total. The first kappa shape index (κ1) is 13.2. The number of hydrogen-bond donors (Lipinski definition) is 1. The Kier molecular flexibility index (Phi) is 3.91. The minimum absolute atomic E-state index is 0.0278.